The summed E-state index contributed by atoms with van der Waals surface area (Å²) >= 11 is 5.31. The van der Waals surface area contributed by atoms with Crippen molar-refractivity contribution in [1.29, 1.82) is 0 Å². The van der Waals surface area contributed by atoms with Gasteiger partial charge in [-0.3, -0.25) is 4.79 Å². The lowest BCUT2D eigenvalue weighted by molar-refractivity contribution is -0.111. The molecule has 96 valence electrons. The summed E-state index contributed by atoms with van der Waals surface area (Å²) in [6.45, 7) is 0. The minimum absolute atomic E-state index is 0.254. The van der Waals surface area contributed by atoms with Crippen molar-refractivity contribution < 1.29 is 9.21 Å². The number of carbonyl (C=O) groups excluding carboxylic acids is 1. The highest BCUT2D eigenvalue weighted by atomic mass is 35.5. The number of aryl methyl sites for hydroxylation is 1. The molecule has 0 amide bonds. The number of aromatic nitrogens is 2. The molecule has 0 bridgehead atoms. The zero-order valence-corrected chi connectivity index (χ0v) is 10.8. The molecule has 2 heterocycles. The predicted octanol–water partition coefficient (Wildman–Crippen LogP) is 3.52. The predicted molar refractivity (Wildman–Crippen MR) is 73.0 cm³/mol. The molecule has 0 saturated carbocycles. The van der Waals surface area contributed by atoms with E-state index in [0.717, 1.165) is 16.5 Å². The molecule has 1 aromatic carbocycles. The van der Waals surface area contributed by atoms with E-state index in [0.29, 0.717) is 18.1 Å². The molecule has 3 aromatic rings. The van der Waals surface area contributed by atoms with Crippen molar-refractivity contribution in [3.63, 3.8) is 0 Å². The Bertz CT molecular complexity index is 730. The summed E-state index contributed by atoms with van der Waals surface area (Å²) in [6.07, 6.45) is 4.23. The maximum absolute atomic E-state index is 10.7. The molecule has 5 heteroatoms. The van der Waals surface area contributed by atoms with Crippen molar-refractivity contribution in [2.75, 3.05) is 0 Å². The third-order valence-electron chi connectivity index (χ3n) is 2.94. The normalized spacial score (nSPS) is 11.0. The highest BCUT2D eigenvalue weighted by Crippen LogP contribution is 2.28. The molecule has 0 fully saturated rings. The quantitative estimate of drug-likeness (QED) is 0.741. The minimum atomic E-state index is -0.370. The fourth-order valence-corrected chi connectivity index (χ4v) is 2.11. The highest BCUT2D eigenvalue weighted by molar-refractivity contribution is 6.63. The Morgan fingerprint density at radius 3 is 3.05 bits per heavy atom. The van der Waals surface area contributed by atoms with Gasteiger partial charge in [-0.2, -0.15) is 0 Å². The molecule has 0 spiro atoms. The third-order valence-corrected chi connectivity index (χ3v) is 3.13. The Hall–Kier alpha value is -2.07. The van der Waals surface area contributed by atoms with E-state index in [-0.39, 0.29) is 11.7 Å². The molecule has 0 aliphatic rings. The number of nitrogens with zero attached hydrogens (tertiary/aromatic N) is 1. The molecule has 0 radical (unpaired) electrons. The summed E-state index contributed by atoms with van der Waals surface area (Å²) in [5, 5.41) is 0.689. The van der Waals surface area contributed by atoms with E-state index in [1.807, 2.05) is 30.5 Å². The number of H-pyrrole nitrogens is 1. The Kier molecular flexibility index (Phi) is 3.09. The zero-order valence-electron chi connectivity index (χ0n) is 10.0. The van der Waals surface area contributed by atoms with E-state index < -0.39 is 0 Å². The van der Waals surface area contributed by atoms with E-state index in [4.69, 9.17) is 16.0 Å². The fraction of sp³-hybridized carbons (Fsp3) is 0.143. The van der Waals surface area contributed by atoms with Crippen LogP contribution in [0.1, 0.15) is 12.2 Å². The van der Waals surface area contributed by atoms with Crippen LogP contribution in [0.25, 0.3) is 22.4 Å². The number of fused-ring (bicyclic) bond motifs is 1. The van der Waals surface area contributed by atoms with Gasteiger partial charge in [-0.05, 0) is 17.7 Å². The van der Waals surface area contributed by atoms with Crippen molar-refractivity contribution in [3.05, 3.63) is 42.4 Å². The largest absolute Gasteiger partial charge is 0.441 e. The summed E-state index contributed by atoms with van der Waals surface area (Å²) in [4.78, 5) is 18.1. The molecule has 2 aromatic heterocycles. The number of aromatic amines is 1. The summed E-state index contributed by atoms with van der Waals surface area (Å²) in [5.41, 5.74) is 1.95. The van der Waals surface area contributed by atoms with Crippen molar-refractivity contribution in [2.24, 2.45) is 0 Å². The number of oxazole rings is 1. The monoisotopic (exact) mass is 274 g/mol. The van der Waals surface area contributed by atoms with E-state index in [2.05, 4.69) is 9.97 Å². The number of halogens is 1. The molecule has 3 rings (SSSR count). The first-order valence-electron chi connectivity index (χ1n) is 5.93. The Morgan fingerprint density at radius 1 is 1.37 bits per heavy atom. The molecule has 0 aliphatic carbocycles. The molecular formula is C14H11ClN2O2. The second kappa shape index (κ2) is 4.90. The molecule has 1 N–H and O–H groups in total. The van der Waals surface area contributed by atoms with Gasteiger partial charge in [0.15, 0.2) is 0 Å². The van der Waals surface area contributed by atoms with Crippen LogP contribution in [0.4, 0.5) is 0 Å². The van der Waals surface area contributed by atoms with Crippen molar-refractivity contribution in [1.82, 2.24) is 9.97 Å². The van der Waals surface area contributed by atoms with Crippen molar-refractivity contribution in [2.45, 2.75) is 12.8 Å². The average Bonchev–Trinajstić information content (AvgIpc) is 3.02. The molecule has 0 atom stereocenters. The van der Waals surface area contributed by atoms with Gasteiger partial charge in [0.25, 0.3) is 0 Å². The Morgan fingerprint density at radius 2 is 2.21 bits per heavy atom. The van der Waals surface area contributed by atoms with Crippen molar-refractivity contribution >= 4 is 27.7 Å². The van der Waals surface area contributed by atoms with E-state index >= 15 is 0 Å². The lowest BCUT2D eigenvalue weighted by Crippen LogP contribution is -1.89. The van der Waals surface area contributed by atoms with Crippen LogP contribution in [-0.2, 0) is 11.2 Å². The topological polar surface area (TPSA) is 58.9 Å². The number of carbonyl (C=O) groups is 1. The molecular weight excluding hydrogens is 264 g/mol. The Labute approximate surface area is 114 Å². The average molecular weight is 275 g/mol. The van der Waals surface area contributed by atoms with Crippen LogP contribution in [0, 0.1) is 0 Å². The molecule has 0 unspecified atom stereocenters. The number of nitrogens with one attached hydrogen (secondary N) is 1. The second-order valence-corrected chi connectivity index (χ2v) is 4.66. The number of hydrogen-bond donors (Lipinski definition) is 1. The maximum atomic E-state index is 10.7. The molecule has 19 heavy (non-hydrogen) atoms. The van der Waals surface area contributed by atoms with Crippen LogP contribution in [0.3, 0.4) is 0 Å². The molecule has 0 saturated heterocycles. The number of benzene rings is 1. The van der Waals surface area contributed by atoms with Crippen LogP contribution in [0.2, 0.25) is 0 Å². The summed E-state index contributed by atoms with van der Waals surface area (Å²) in [5.74, 6) is 1.21. The lowest BCUT2D eigenvalue weighted by atomic mass is 10.2. The smallest absolute Gasteiger partial charge is 0.228 e. The maximum Gasteiger partial charge on any atom is 0.228 e. The first-order chi connectivity index (χ1) is 9.24. The SMILES string of the molecule is O=C(Cl)CCc1cnc(-c2c[nH]c3ccccc23)o1. The van der Waals surface area contributed by atoms with Crippen LogP contribution in [0.5, 0.6) is 0 Å². The van der Waals surface area contributed by atoms with Crippen molar-refractivity contribution in [3.8, 4) is 11.5 Å². The van der Waals surface area contributed by atoms with Crippen LogP contribution < -0.4 is 0 Å². The fourth-order valence-electron chi connectivity index (χ4n) is 2.02. The van der Waals surface area contributed by atoms with E-state index in [1.54, 1.807) is 6.20 Å². The number of para-hydroxylation sites is 1. The standard InChI is InChI=1S/C14H11ClN2O2/c15-13(18)6-5-9-7-17-14(19-9)11-8-16-12-4-2-1-3-10(11)12/h1-4,7-8,16H,5-6H2. The second-order valence-electron chi connectivity index (χ2n) is 4.23. The summed E-state index contributed by atoms with van der Waals surface area (Å²) in [7, 11) is 0. The van der Waals surface area contributed by atoms with Gasteiger partial charge in [-0.15, -0.1) is 0 Å². The van der Waals surface area contributed by atoms with Crippen LogP contribution in [0.15, 0.2) is 41.1 Å². The Balaban J connectivity index is 1.92. The third kappa shape index (κ3) is 2.39. The van der Waals surface area contributed by atoms with Gasteiger partial charge in [0.2, 0.25) is 11.1 Å². The summed E-state index contributed by atoms with van der Waals surface area (Å²) in [6, 6.07) is 7.94. The lowest BCUT2D eigenvalue weighted by Gasteiger charge is -1.93. The van der Waals surface area contributed by atoms with E-state index in [1.165, 1.54) is 0 Å². The number of rotatable bonds is 4. The van der Waals surface area contributed by atoms with E-state index in [9.17, 15) is 4.79 Å². The number of hydrogen-bond acceptors (Lipinski definition) is 3. The highest BCUT2D eigenvalue weighted by Gasteiger charge is 2.12. The van der Waals surface area contributed by atoms with Gasteiger partial charge >= 0.3 is 0 Å². The first kappa shape index (κ1) is 12.0. The van der Waals surface area contributed by atoms with Gasteiger partial charge in [-0.25, -0.2) is 4.98 Å². The first-order valence-corrected chi connectivity index (χ1v) is 6.31. The van der Waals surface area contributed by atoms with Crippen LogP contribution in [-0.4, -0.2) is 15.2 Å². The molecule has 4 nitrogen and oxygen atoms in total. The summed E-state index contributed by atoms with van der Waals surface area (Å²) < 4.78 is 5.64. The minimum Gasteiger partial charge on any atom is -0.441 e. The van der Waals surface area contributed by atoms with Gasteiger partial charge in [0.1, 0.15) is 5.76 Å². The van der Waals surface area contributed by atoms with Gasteiger partial charge < -0.3 is 9.40 Å². The van der Waals surface area contributed by atoms with Gasteiger partial charge in [0.05, 0.1) is 11.8 Å². The van der Waals surface area contributed by atoms with Gasteiger partial charge in [-0.1, -0.05) is 18.2 Å². The zero-order chi connectivity index (χ0) is 13.2. The van der Waals surface area contributed by atoms with Crippen LogP contribution >= 0.6 is 11.6 Å². The molecule has 0 aliphatic heterocycles. The van der Waals surface area contributed by atoms with Gasteiger partial charge in [0, 0.05) is 29.9 Å².